The zero-order valence-electron chi connectivity index (χ0n) is 42.6. The van der Waals surface area contributed by atoms with E-state index >= 15 is 4.39 Å². The van der Waals surface area contributed by atoms with Crippen molar-refractivity contribution in [2.45, 2.75) is 109 Å². The molecule has 3 aromatic carbocycles. The number of pyridine rings is 2. The SMILES string of the molecule is CCC(=O)NCC(=O)NCC(=O)N[C@@H](Cc1ccccc1)C(=O)NCC(=O)Nc1ccc(COC(=O)N2CCC[C@H]2C(=O)N[C@H]2CCc3c(C)c(F)cc4nc5c(c2c34)Cn2c-5cc3c(c2=O)COC(=O)[C@]3(O)CC)cc1. The van der Waals surface area contributed by atoms with E-state index in [0.29, 0.717) is 75.9 Å². The van der Waals surface area contributed by atoms with Crippen molar-refractivity contribution in [1.82, 2.24) is 41.0 Å². The molecule has 3 aliphatic heterocycles. The zero-order chi connectivity index (χ0) is 54.7. The lowest BCUT2D eigenvalue weighted by Gasteiger charge is -2.32. The van der Waals surface area contributed by atoms with Gasteiger partial charge >= 0.3 is 12.1 Å². The van der Waals surface area contributed by atoms with Crippen LogP contribution in [0, 0.1) is 12.7 Å². The number of carbonyl (C=O) groups is 8. The molecule has 7 amide bonds. The first-order chi connectivity index (χ1) is 37.0. The molecule has 0 spiro atoms. The van der Waals surface area contributed by atoms with Crippen molar-refractivity contribution in [1.29, 1.82) is 0 Å². The highest BCUT2D eigenvalue weighted by Gasteiger charge is 2.46. The van der Waals surface area contributed by atoms with Crippen LogP contribution in [0.4, 0.5) is 14.9 Å². The molecule has 0 radical (unpaired) electrons. The van der Waals surface area contributed by atoms with E-state index in [1.165, 1.54) is 15.5 Å². The molecule has 1 fully saturated rings. The number of aromatic nitrogens is 2. The highest BCUT2D eigenvalue weighted by Crippen LogP contribution is 2.46. The van der Waals surface area contributed by atoms with Crippen molar-refractivity contribution in [2.75, 3.05) is 31.5 Å². The number of cyclic esters (lactones) is 1. The van der Waals surface area contributed by atoms with E-state index in [2.05, 4.69) is 31.9 Å². The number of carbonyl (C=O) groups excluding carboxylic acids is 8. The van der Waals surface area contributed by atoms with Crippen LogP contribution < -0.4 is 37.5 Å². The second-order valence-electron chi connectivity index (χ2n) is 19.5. The Bertz CT molecular complexity index is 3290. The summed E-state index contributed by atoms with van der Waals surface area (Å²) in [6.07, 6.45) is 1.24. The maximum Gasteiger partial charge on any atom is 0.410 e. The molecular weight excluding hydrogens is 998 g/mol. The summed E-state index contributed by atoms with van der Waals surface area (Å²) < 4.78 is 27.9. The van der Waals surface area contributed by atoms with E-state index in [1.54, 1.807) is 81.4 Å². The largest absolute Gasteiger partial charge is 0.458 e. The molecule has 7 N–H and O–H groups in total. The number of fused-ring (bicyclic) bond motifs is 5. The molecule has 0 saturated carbocycles. The smallest absolute Gasteiger partial charge is 0.410 e. The topological polar surface area (TPSA) is 286 Å². The third-order valence-electron chi connectivity index (χ3n) is 14.7. The van der Waals surface area contributed by atoms with Crippen molar-refractivity contribution < 1.29 is 57.3 Å². The summed E-state index contributed by atoms with van der Waals surface area (Å²) in [6.45, 7) is 3.60. The van der Waals surface area contributed by atoms with Gasteiger partial charge in [0.25, 0.3) is 5.56 Å². The van der Waals surface area contributed by atoms with Gasteiger partial charge in [0.05, 0.1) is 54.7 Å². The van der Waals surface area contributed by atoms with Crippen LogP contribution in [0.25, 0.3) is 22.3 Å². The molecule has 5 aromatic rings. The molecule has 2 aromatic heterocycles. The molecule has 21 nitrogen and oxygen atoms in total. The fourth-order valence-corrected chi connectivity index (χ4v) is 10.5. The molecule has 4 aliphatic rings. The molecule has 77 heavy (non-hydrogen) atoms. The van der Waals surface area contributed by atoms with Crippen molar-refractivity contribution in [2.24, 2.45) is 0 Å². The van der Waals surface area contributed by atoms with E-state index < -0.39 is 89.8 Å². The van der Waals surface area contributed by atoms with Gasteiger partial charge in [0.2, 0.25) is 35.4 Å². The molecule has 0 bridgehead atoms. The van der Waals surface area contributed by atoms with E-state index in [9.17, 15) is 48.3 Å². The number of aliphatic hydroxyl groups is 1. The highest BCUT2D eigenvalue weighted by molar-refractivity contribution is 5.97. The van der Waals surface area contributed by atoms with Gasteiger partial charge in [-0.1, -0.05) is 56.3 Å². The first-order valence-corrected chi connectivity index (χ1v) is 25.6. The van der Waals surface area contributed by atoms with Crippen LogP contribution in [0.5, 0.6) is 0 Å². The van der Waals surface area contributed by atoms with Crippen LogP contribution in [-0.4, -0.2) is 105 Å². The van der Waals surface area contributed by atoms with Gasteiger partial charge in [0, 0.05) is 47.7 Å². The van der Waals surface area contributed by atoms with Crippen molar-refractivity contribution in [3.63, 3.8) is 0 Å². The number of ether oxygens (including phenoxy) is 2. The number of hydrogen-bond donors (Lipinski definition) is 7. The number of halogens is 1. The Hall–Kier alpha value is -8.53. The standard InChI is InChI=1S/C55H58FN9O12/c1-4-43(66)57-23-44(67)58-24-46(69)61-40(20-30-10-7-6-8-11-30)50(70)59-25-45(68)60-32-15-13-31(14-16-32)27-77-54(74)64-19-9-12-41(64)51(71)63-38-18-17-33-29(3)37(56)22-39-47(33)48(38)34-26-65-42(49(34)62-39)21-36-35(52(65)72)28-76-53(73)55(36,75)5-2/h6-8,10-11,13-16,21-22,38,40-41,75H,4-5,9,12,17-20,23-28H2,1-3H3,(H,57,66)(H,58,67)(H,59,70)(H,60,68)(H,61,69)(H,63,71)/t38-,40-,41-,55-/m0/s1. The summed E-state index contributed by atoms with van der Waals surface area (Å²) in [4.78, 5) is 124. The Labute approximate surface area is 440 Å². The number of anilines is 1. The zero-order valence-corrected chi connectivity index (χ0v) is 42.6. The fraction of sp³-hybridized carbons (Fsp3) is 0.382. The predicted octanol–water partition coefficient (Wildman–Crippen LogP) is 2.86. The molecular formula is C55H58FN9O12. The van der Waals surface area contributed by atoms with Crippen LogP contribution in [0.3, 0.4) is 0 Å². The minimum Gasteiger partial charge on any atom is -0.458 e. The second-order valence-corrected chi connectivity index (χ2v) is 19.5. The summed E-state index contributed by atoms with van der Waals surface area (Å²) in [5, 5.41) is 27.9. The Kier molecular flexibility index (Phi) is 15.5. The number of aryl methyl sites for hydroxylation is 1. The molecule has 22 heteroatoms. The summed E-state index contributed by atoms with van der Waals surface area (Å²) in [6, 6.07) is 15.7. The van der Waals surface area contributed by atoms with Crippen molar-refractivity contribution in [3.05, 3.63) is 127 Å². The Morgan fingerprint density at radius 3 is 2.34 bits per heavy atom. The minimum absolute atomic E-state index is 0.0409. The number of benzene rings is 3. The van der Waals surface area contributed by atoms with Crippen LogP contribution >= 0.6 is 0 Å². The van der Waals surface area contributed by atoms with Crippen molar-refractivity contribution in [3.8, 4) is 11.4 Å². The number of nitrogens with one attached hydrogen (secondary N) is 6. The molecule has 4 atom stereocenters. The Balaban J connectivity index is 0.810. The van der Waals surface area contributed by atoms with E-state index in [4.69, 9.17) is 14.5 Å². The first-order valence-electron chi connectivity index (χ1n) is 25.6. The van der Waals surface area contributed by atoms with E-state index in [0.717, 1.165) is 11.1 Å². The summed E-state index contributed by atoms with van der Waals surface area (Å²) in [5.74, 6) is -4.51. The number of rotatable bonds is 17. The van der Waals surface area contributed by atoms with Crippen LogP contribution in [0.1, 0.15) is 96.5 Å². The number of nitrogens with zero attached hydrogens (tertiary/aromatic N) is 3. The third-order valence-corrected chi connectivity index (χ3v) is 14.7. The summed E-state index contributed by atoms with van der Waals surface area (Å²) in [7, 11) is 0. The van der Waals surface area contributed by atoms with E-state index in [-0.39, 0.29) is 69.1 Å². The van der Waals surface area contributed by atoms with Gasteiger partial charge in [-0.3, -0.25) is 38.5 Å². The van der Waals surface area contributed by atoms with Crippen molar-refractivity contribution >= 4 is 64.1 Å². The minimum atomic E-state index is -2.05. The number of likely N-dealkylation sites (tertiary alicyclic amines) is 1. The lowest BCUT2D eigenvalue weighted by atomic mass is 9.81. The molecule has 9 rings (SSSR count). The molecule has 5 heterocycles. The normalized spacial score (nSPS) is 18.2. The number of amides is 7. The van der Waals surface area contributed by atoms with E-state index in [1.807, 2.05) is 0 Å². The van der Waals surface area contributed by atoms with Gasteiger partial charge in [0.15, 0.2) is 5.60 Å². The molecule has 0 unspecified atom stereocenters. The predicted molar refractivity (Wildman–Crippen MR) is 275 cm³/mol. The van der Waals surface area contributed by atoms with Gasteiger partial charge in [-0.15, -0.1) is 0 Å². The van der Waals surface area contributed by atoms with Gasteiger partial charge < -0.3 is 51.0 Å². The van der Waals surface area contributed by atoms with Crippen LogP contribution in [-0.2, 0) is 81.2 Å². The average Bonchev–Trinajstić information content (AvgIpc) is 4.11. The summed E-state index contributed by atoms with van der Waals surface area (Å²) in [5.41, 5.74) is 3.06. The average molecular weight is 1060 g/mol. The van der Waals surface area contributed by atoms with Gasteiger partial charge in [-0.25, -0.2) is 19.0 Å². The van der Waals surface area contributed by atoms with Gasteiger partial charge in [0.1, 0.15) is 31.1 Å². The fourth-order valence-electron chi connectivity index (χ4n) is 10.5. The van der Waals surface area contributed by atoms with Crippen LogP contribution in [0.15, 0.2) is 71.5 Å². The molecule has 1 saturated heterocycles. The maximum absolute atomic E-state index is 15.5. The second kappa shape index (κ2) is 22.4. The maximum atomic E-state index is 15.5. The van der Waals surface area contributed by atoms with Gasteiger partial charge in [-0.2, -0.15) is 0 Å². The number of hydrogen-bond acceptors (Lipinski definition) is 13. The Morgan fingerprint density at radius 1 is 0.870 bits per heavy atom. The Morgan fingerprint density at radius 2 is 1.60 bits per heavy atom. The number of esters is 1. The lowest BCUT2D eigenvalue weighted by molar-refractivity contribution is -0.172. The lowest BCUT2D eigenvalue weighted by Crippen LogP contribution is -2.52. The molecule has 1 aliphatic carbocycles. The highest BCUT2D eigenvalue weighted by atomic mass is 19.1. The molecule has 402 valence electrons. The monoisotopic (exact) mass is 1060 g/mol. The quantitative estimate of drug-likeness (QED) is 0.0648. The first kappa shape index (κ1) is 53.3. The van der Waals surface area contributed by atoms with Gasteiger partial charge in [-0.05, 0) is 85.0 Å². The van der Waals surface area contributed by atoms with Crippen LogP contribution in [0.2, 0.25) is 0 Å². The third kappa shape index (κ3) is 11.0. The summed E-state index contributed by atoms with van der Waals surface area (Å²) >= 11 is 0.